The lowest BCUT2D eigenvalue weighted by molar-refractivity contribution is -0.274. The van der Waals surface area contributed by atoms with Gasteiger partial charge in [-0.3, -0.25) is 4.79 Å². The minimum Gasteiger partial charge on any atom is -0.404 e. The Morgan fingerprint density at radius 2 is 1.94 bits per heavy atom. The molecule has 0 radical (unpaired) electrons. The van der Waals surface area contributed by atoms with Gasteiger partial charge in [-0.15, -0.1) is 13.2 Å². The van der Waals surface area contributed by atoms with Gasteiger partial charge in [0, 0.05) is 18.2 Å². The molecule has 0 aliphatic rings. The van der Waals surface area contributed by atoms with Crippen LogP contribution >= 0.6 is 0 Å². The average molecular weight is 448 g/mol. The van der Waals surface area contributed by atoms with Crippen molar-refractivity contribution < 1.29 is 32.4 Å². The van der Waals surface area contributed by atoms with Crippen LogP contribution in [0.2, 0.25) is 0 Å². The molecule has 0 saturated carbocycles. The van der Waals surface area contributed by atoms with E-state index in [9.17, 15) is 18.0 Å². The zero-order chi connectivity index (χ0) is 23.6. The number of alkyl halides is 3. The Hall–Kier alpha value is -4.07. The summed E-state index contributed by atoms with van der Waals surface area (Å²) in [6.07, 6.45) is -3.87. The van der Waals surface area contributed by atoms with Crippen molar-refractivity contribution in [3.63, 3.8) is 0 Å². The Kier molecular flexibility index (Phi) is 8.59. The van der Waals surface area contributed by atoms with Crippen LogP contribution in [0.5, 0.6) is 5.75 Å². The predicted molar refractivity (Wildman–Crippen MR) is 110 cm³/mol. The highest BCUT2D eigenvalue weighted by atomic mass is 19.4. The van der Waals surface area contributed by atoms with Crippen LogP contribution in [0.15, 0.2) is 52.9 Å². The number of likely N-dealkylation sites (N-methyl/N-ethyl adjacent to an activating group) is 1. The lowest BCUT2D eigenvalue weighted by atomic mass is 10.0. The first-order chi connectivity index (χ1) is 15.2. The normalized spacial score (nSPS) is 11.8. The number of nitrogens with one attached hydrogen (secondary N) is 1. The van der Waals surface area contributed by atoms with Gasteiger partial charge in [0.15, 0.2) is 5.71 Å². The van der Waals surface area contributed by atoms with Crippen LogP contribution in [0.25, 0.3) is 0 Å². The van der Waals surface area contributed by atoms with E-state index in [1.54, 1.807) is 31.2 Å². The second-order valence-electron chi connectivity index (χ2n) is 5.99. The van der Waals surface area contributed by atoms with Crippen molar-refractivity contribution in [1.29, 1.82) is 0 Å². The van der Waals surface area contributed by atoms with Gasteiger partial charge in [-0.25, -0.2) is 4.98 Å². The van der Waals surface area contributed by atoms with Crippen LogP contribution in [-0.2, 0) is 21.1 Å². The summed E-state index contributed by atoms with van der Waals surface area (Å²) in [6, 6.07) is 9.34. The van der Waals surface area contributed by atoms with Gasteiger partial charge >= 0.3 is 6.36 Å². The van der Waals surface area contributed by atoms with Crippen LogP contribution in [0.1, 0.15) is 23.7 Å². The summed E-state index contributed by atoms with van der Waals surface area (Å²) >= 11 is 0. The maximum absolute atomic E-state index is 12.2. The quantitative estimate of drug-likeness (QED) is 0.399. The van der Waals surface area contributed by atoms with Crippen molar-refractivity contribution in [3.8, 4) is 17.6 Å². The molecule has 0 unspecified atom stereocenters. The van der Waals surface area contributed by atoms with Gasteiger partial charge in [-0.1, -0.05) is 34.6 Å². The van der Waals surface area contributed by atoms with E-state index in [0.29, 0.717) is 16.8 Å². The maximum Gasteiger partial charge on any atom is 0.573 e. The molecule has 0 aliphatic carbocycles. The number of aromatic nitrogens is 1. The first kappa shape index (κ1) is 24.2. The number of oxime groups is 2. The van der Waals surface area contributed by atoms with E-state index in [0.717, 1.165) is 12.3 Å². The summed E-state index contributed by atoms with van der Waals surface area (Å²) in [5, 5.41) is 10.1. The number of carbonyl (C=O) groups is 1. The van der Waals surface area contributed by atoms with Crippen LogP contribution in [-0.4, -0.2) is 42.8 Å². The number of ether oxygens (including phenoxy) is 1. The molecule has 2 rings (SSSR count). The molecular weight excluding hydrogens is 429 g/mol. The molecule has 0 bridgehead atoms. The maximum atomic E-state index is 12.2. The van der Waals surface area contributed by atoms with Crippen LogP contribution in [0.4, 0.5) is 13.2 Å². The van der Waals surface area contributed by atoms with Gasteiger partial charge in [-0.05, 0) is 30.9 Å². The smallest absolute Gasteiger partial charge is 0.404 e. The number of amides is 1. The van der Waals surface area contributed by atoms with Crippen LogP contribution in [0, 0.1) is 11.8 Å². The Morgan fingerprint density at radius 3 is 2.56 bits per heavy atom. The summed E-state index contributed by atoms with van der Waals surface area (Å²) in [6.45, 7) is 1.61. The number of halogens is 3. The molecule has 0 saturated heterocycles. The molecule has 1 N–H and O–H groups in total. The molecule has 0 spiro atoms. The molecular formula is C21H19F3N4O4. The van der Waals surface area contributed by atoms with E-state index in [-0.39, 0.29) is 18.0 Å². The summed E-state index contributed by atoms with van der Waals surface area (Å²) in [5.41, 5.74) is 1.76. The van der Waals surface area contributed by atoms with Gasteiger partial charge in [0.2, 0.25) is 0 Å². The van der Waals surface area contributed by atoms with E-state index in [1.807, 2.05) is 0 Å². The number of benzene rings is 1. The summed E-state index contributed by atoms with van der Waals surface area (Å²) in [4.78, 5) is 25.9. The van der Waals surface area contributed by atoms with Crippen molar-refractivity contribution in [2.75, 3.05) is 14.2 Å². The van der Waals surface area contributed by atoms with E-state index in [1.165, 1.54) is 20.2 Å². The van der Waals surface area contributed by atoms with Crippen molar-refractivity contribution in [2.45, 2.75) is 19.9 Å². The van der Waals surface area contributed by atoms with Gasteiger partial charge in [0.1, 0.15) is 30.9 Å². The zero-order valence-corrected chi connectivity index (χ0v) is 17.4. The van der Waals surface area contributed by atoms with Crippen LogP contribution in [0.3, 0.4) is 0 Å². The number of hydrogen-bond donors (Lipinski definition) is 1. The monoisotopic (exact) mass is 448 g/mol. The standard InChI is InChI=1S/C21H19F3N4O4/c1-14(8-9-16-10-11-17(12-26-16)32-21(22,23)24)27-31-13-15-6-4-5-7-18(15)19(28-30-3)20(29)25-2/h4-7,10-12H,13H2,1-3H3,(H,25,29)/b27-14+,28-19+. The fourth-order valence-electron chi connectivity index (χ4n) is 2.32. The summed E-state index contributed by atoms with van der Waals surface area (Å²) in [5.74, 6) is 4.47. The Balaban J connectivity index is 2.06. The van der Waals surface area contributed by atoms with Gasteiger partial charge < -0.3 is 19.7 Å². The molecule has 2 aromatic rings. The highest BCUT2D eigenvalue weighted by Crippen LogP contribution is 2.21. The minimum atomic E-state index is -4.79. The summed E-state index contributed by atoms with van der Waals surface area (Å²) in [7, 11) is 2.81. The van der Waals surface area contributed by atoms with Crippen molar-refractivity contribution in [3.05, 3.63) is 59.4 Å². The molecule has 1 heterocycles. The molecule has 1 aromatic heterocycles. The van der Waals surface area contributed by atoms with Crippen molar-refractivity contribution in [1.82, 2.24) is 10.3 Å². The number of carbonyl (C=O) groups excluding carboxylic acids is 1. The Labute approximate surface area is 182 Å². The van der Waals surface area contributed by atoms with E-state index in [4.69, 9.17) is 9.68 Å². The second kappa shape index (κ2) is 11.4. The fraction of sp³-hybridized carbons (Fsp3) is 0.238. The molecule has 0 atom stereocenters. The minimum absolute atomic E-state index is 0.0245. The highest BCUT2D eigenvalue weighted by molar-refractivity contribution is 6.45. The highest BCUT2D eigenvalue weighted by Gasteiger charge is 2.31. The molecule has 1 aromatic carbocycles. The third kappa shape index (κ3) is 7.64. The van der Waals surface area contributed by atoms with Gasteiger partial charge in [0.05, 0.1) is 6.20 Å². The molecule has 168 valence electrons. The molecule has 11 heteroatoms. The van der Waals surface area contributed by atoms with E-state index >= 15 is 0 Å². The van der Waals surface area contributed by atoms with E-state index < -0.39 is 18.0 Å². The number of nitrogens with zero attached hydrogens (tertiary/aromatic N) is 3. The topological polar surface area (TPSA) is 94.4 Å². The van der Waals surface area contributed by atoms with Gasteiger partial charge in [0.25, 0.3) is 5.91 Å². The van der Waals surface area contributed by atoms with Gasteiger partial charge in [-0.2, -0.15) is 0 Å². The zero-order valence-electron chi connectivity index (χ0n) is 17.4. The summed E-state index contributed by atoms with van der Waals surface area (Å²) < 4.78 is 40.2. The number of rotatable bonds is 7. The molecule has 0 fully saturated rings. The largest absolute Gasteiger partial charge is 0.573 e. The van der Waals surface area contributed by atoms with E-state index in [2.05, 4.69) is 37.2 Å². The van der Waals surface area contributed by atoms with Crippen LogP contribution < -0.4 is 10.1 Å². The molecule has 1 amide bonds. The first-order valence-corrected chi connectivity index (χ1v) is 9.05. The predicted octanol–water partition coefficient (Wildman–Crippen LogP) is 3.02. The van der Waals surface area contributed by atoms with Crippen molar-refractivity contribution >= 4 is 17.3 Å². The molecule has 32 heavy (non-hydrogen) atoms. The Morgan fingerprint density at radius 1 is 1.19 bits per heavy atom. The molecule has 8 nitrogen and oxygen atoms in total. The number of pyridine rings is 1. The lowest BCUT2D eigenvalue weighted by Crippen LogP contribution is -2.29. The third-order valence-corrected chi connectivity index (χ3v) is 3.66. The second-order valence-corrected chi connectivity index (χ2v) is 5.99. The van der Waals surface area contributed by atoms with Crippen molar-refractivity contribution in [2.24, 2.45) is 10.3 Å². The number of hydrogen-bond acceptors (Lipinski definition) is 7. The average Bonchev–Trinajstić information content (AvgIpc) is 2.76. The Bertz CT molecular complexity index is 1060. The SMILES string of the molecule is CNC(=O)/C(=N/OC)c1ccccc1CO/N=C(\C)C#Cc1ccc(OC(F)(F)F)cn1. The first-order valence-electron chi connectivity index (χ1n) is 9.05. The lowest BCUT2D eigenvalue weighted by Gasteiger charge is -2.09. The molecule has 0 aliphatic heterocycles. The fourth-order valence-corrected chi connectivity index (χ4v) is 2.32. The third-order valence-electron chi connectivity index (χ3n) is 3.66.